The lowest BCUT2D eigenvalue weighted by Gasteiger charge is -2.27. The van der Waals surface area contributed by atoms with Crippen LogP contribution in [0.15, 0.2) is 0 Å². The molecule has 0 bridgehead atoms. The summed E-state index contributed by atoms with van der Waals surface area (Å²) in [5, 5.41) is 11.8. The van der Waals surface area contributed by atoms with E-state index in [1.165, 1.54) is 0 Å². The lowest BCUT2D eigenvalue weighted by atomic mass is 9.97. The van der Waals surface area contributed by atoms with Crippen molar-refractivity contribution in [2.45, 2.75) is 45.7 Å². The summed E-state index contributed by atoms with van der Waals surface area (Å²) in [7, 11) is 0. The summed E-state index contributed by atoms with van der Waals surface area (Å²) in [6, 6.07) is -0.211. The van der Waals surface area contributed by atoms with E-state index in [1.807, 2.05) is 20.8 Å². The molecule has 0 spiro atoms. The molecule has 4 N–H and O–H groups in total. The lowest BCUT2D eigenvalue weighted by molar-refractivity contribution is -0.127. The number of carbonyl (C=O) groups is 1. The Morgan fingerprint density at radius 2 is 2.07 bits per heavy atom. The average molecular weight is 202 g/mol. The largest absolute Gasteiger partial charge is 0.394 e. The molecule has 0 radical (unpaired) electrons. The van der Waals surface area contributed by atoms with Gasteiger partial charge in [-0.15, -0.1) is 0 Å². The Bertz CT molecular complexity index is 191. The number of nitrogens with one attached hydrogen (secondary N) is 1. The Morgan fingerprint density at radius 3 is 2.36 bits per heavy atom. The Morgan fingerprint density at radius 1 is 1.57 bits per heavy atom. The molecule has 2 atom stereocenters. The van der Waals surface area contributed by atoms with Gasteiger partial charge in [0.1, 0.15) is 0 Å². The molecule has 84 valence electrons. The molecule has 0 aliphatic heterocycles. The van der Waals surface area contributed by atoms with Gasteiger partial charge in [0.15, 0.2) is 0 Å². The highest BCUT2D eigenvalue weighted by Gasteiger charge is 2.28. The van der Waals surface area contributed by atoms with Crippen LogP contribution in [0.2, 0.25) is 0 Å². The van der Waals surface area contributed by atoms with E-state index in [1.54, 1.807) is 6.92 Å². The van der Waals surface area contributed by atoms with Crippen LogP contribution in [0.1, 0.15) is 34.1 Å². The molecule has 0 aromatic heterocycles. The van der Waals surface area contributed by atoms with Gasteiger partial charge in [0, 0.05) is 0 Å². The van der Waals surface area contributed by atoms with Crippen LogP contribution in [0.4, 0.5) is 0 Å². The highest BCUT2D eigenvalue weighted by atomic mass is 16.3. The van der Waals surface area contributed by atoms with Gasteiger partial charge in [0.2, 0.25) is 5.91 Å². The zero-order valence-corrected chi connectivity index (χ0v) is 9.50. The van der Waals surface area contributed by atoms with Crippen LogP contribution in [-0.2, 0) is 4.79 Å². The van der Waals surface area contributed by atoms with E-state index >= 15 is 0 Å². The van der Waals surface area contributed by atoms with Gasteiger partial charge in [-0.05, 0) is 19.3 Å². The minimum atomic E-state index is -0.845. The fourth-order valence-corrected chi connectivity index (χ4v) is 0.917. The summed E-state index contributed by atoms with van der Waals surface area (Å²) < 4.78 is 0. The van der Waals surface area contributed by atoms with E-state index in [0.717, 1.165) is 0 Å². The quantitative estimate of drug-likeness (QED) is 0.598. The molecule has 14 heavy (non-hydrogen) atoms. The Hall–Kier alpha value is -0.610. The second-order valence-electron chi connectivity index (χ2n) is 4.28. The van der Waals surface area contributed by atoms with Crippen molar-refractivity contribution >= 4 is 5.91 Å². The third kappa shape index (κ3) is 3.64. The van der Waals surface area contributed by atoms with Gasteiger partial charge in [-0.1, -0.05) is 20.8 Å². The number of amides is 1. The molecule has 0 aromatic carbocycles. The minimum Gasteiger partial charge on any atom is -0.394 e. The molecular weight excluding hydrogens is 180 g/mol. The zero-order valence-electron chi connectivity index (χ0n) is 9.50. The summed E-state index contributed by atoms with van der Waals surface area (Å²) >= 11 is 0. The minimum absolute atomic E-state index is 0.0524. The van der Waals surface area contributed by atoms with Crippen molar-refractivity contribution in [2.75, 3.05) is 6.61 Å². The predicted octanol–water partition coefficient (Wildman–Crippen LogP) is 0.247. The molecule has 0 aliphatic rings. The van der Waals surface area contributed by atoms with Gasteiger partial charge in [0.25, 0.3) is 0 Å². The van der Waals surface area contributed by atoms with E-state index < -0.39 is 5.54 Å². The van der Waals surface area contributed by atoms with Crippen LogP contribution in [0.5, 0.6) is 0 Å². The number of aliphatic hydroxyl groups is 1. The smallest absolute Gasteiger partial charge is 0.240 e. The third-order valence-corrected chi connectivity index (χ3v) is 2.57. The Kier molecular flexibility index (Phi) is 5.08. The molecule has 4 nitrogen and oxygen atoms in total. The van der Waals surface area contributed by atoms with E-state index in [-0.39, 0.29) is 24.5 Å². The number of rotatable bonds is 5. The molecule has 4 heteroatoms. The summed E-state index contributed by atoms with van der Waals surface area (Å²) in [6.45, 7) is 7.39. The summed E-state index contributed by atoms with van der Waals surface area (Å²) in [5.41, 5.74) is 4.92. The summed E-state index contributed by atoms with van der Waals surface area (Å²) in [6.07, 6.45) is 0.578. The standard InChI is InChI=1S/C10H22N2O2/c1-5-10(4,11)9(14)12-8(6-13)7(2)3/h7-8,13H,5-6,11H2,1-4H3,(H,12,14)/t8-,10?/m1/s1. The van der Waals surface area contributed by atoms with Crippen LogP contribution in [0, 0.1) is 5.92 Å². The SMILES string of the molecule is CCC(C)(N)C(=O)N[C@H](CO)C(C)C. The molecule has 1 amide bonds. The first kappa shape index (κ1) is 13.4. The topological polar surface area (TPSA) is 75.4 Å². The molecular formula is C10H22N2O2. The highest BCUT2D eigenvalue weighted by molar-refractivity contribution is 5.85. The second kappa shape index (κ2) is 5.32. The zero-order chi connectivity index (χ0) is 11.4. The maximum atomic E-state index is 11.6. The lowest BCUT2D eigenvalue weighted by Crippen LogP contribution is -2.55. The Balaban J connectivity index is 4.30. The van der Waals surface area contributed by atoms with E-state index in [2.05, 4.69) is 5.32 Å². The second-order valence-corrected chi connectivity index (χ2v) is 4.28. The van der Waals surface area contributed by atoms with Crippen LogP contribution in [-0.4, -0.2) is 29.2 Å². The van der Waals surface area contributed by atoms with Crippen LogP contribution < -0.4 is 11.1 Å². The van der Waals surface area contributed by atoms with Gasteiger partial charge < -0.3 is 16.2 Å². The van der Waals surface area contributed by atoms with Gasteiger partial charge in [-0.25, -0.2) is 0 Å². The number of nitrogens with two attached hydrogens (primary N) is 1. The first-order chi connectivity index (χ1) is 6.35. The van der Waals surface area contributed by atoms with Crippen molar-refractivity contribution in [2.24, 2.45) is 11.7 Å². The van der Waals surface area contributed by atoms with Crippen LogP contribution in [0.25, 0.3) is 0 Å². The fourth-order valence-electron chi connectivity index (χ4n) is 0.917. The molecule has 0 fully saturated rings. The molecule has 0 heterocycles. The van der Waals surface area contributed by atoms with Gasteiger partial charge >= 0.3 is 0 Å². The normalized spacial score (nSPS) is 17.6. The predicted molar refractivity (Wildman–Crippen MR) is 56.7 cm³/mol. The maximum absolute atomic E-state index is 11.6. The molecule has 0 aliphatic carbocycles. The van der Waals surface area contributed by atoms with Gasteiger partial charge in [-0.3, -0.25) is 4.79 Å². The first-order valence-electron chi connectivity index (χ1n) is 5.05. The monoisotopic (exact) mass is 202 g/mol. The number of hydrogen-bond donors (Lipinski definition) is 3. The van der Waals surface area contributed by atoms with Crippen molar-refractivity contribution in [3.63, 3.8) is 0 Å². The number of carbonyl (C=O) groups excluding carboxylic acids is 1. The molecule has 0 saturated carbocycles. The van der Waals surface area contributed by atoms with Crippen LogP contribution >= 0.6 is 0 Å². The summed E-state index contributed by atoms with van der Waals surface area (Å²) in [5.74, 6) is 0.00403. The van der Waals surface area contributed by atoms with Gasteiger partial charge in [0.05, 0.1) is 18.2 Å². The molecule has 0 saturated heterocycles. The van der Waals surface area contributed by atoms with E-state index in [9.17, 15) is 4.79 Å². The van der Waals surface area contributed by atoms with Crippen molar-refractivity contribution in [1.29, 1.82) is 0 Å². The van der Waals surface area contributed by atoms with Crippen molar-refractivity contribution < 1.29 is 9.90 Å². The van der Waals surface area contributed by atoms with Crippen LogP contribution in [0.3, 0.4) is 0 Å². The van der Waals surface area contributed by atoms with Gasteiger partial charge in [-0.2, -0.15) is 0 Å². The number of aliphatic hydroxyl groups excluding tert-OH is 1. The van der Waals surface area contributed by atoms with E-state index in [4.69, 9.17) is 10.8 Å². The van der Waals surface area contributed by atoms with Crippen molar-refractivity contribution in [3.05, 3.63) is 0 Å². The highest BCUT2D eigenvalue weighted by Crippen LogP contribution is 2.07. The third-order valence-electron chi connectivity index (χ3n) is 2.57. The molecule has 0 rings (SSSR count). The van der Waals surface area contributed by atoms with Crippen molar-refractivity contribution in [1.82, 2.24) is 5.32 Å². The maximum Gasteiger partial charge on any atom is 0.240 e. The van der Waals surface area contributed by atoms with E-state index in [0.29, 0.717) is 6.42 Å². The number of hydrogen-bond acceptors (Lipinski definition) is 3. The summed E-state index contributed by atoms with van der Waals surface area (Å²) in [4.78, 5) is 11.6. The fraction of sp³-hybridized carbons (Fsp3) is 0.900. The first-order valence-corrected chi connectivity index (χ1v) is 5.05. The molecule has 1 unspecified atom stereocenters. The van der Waals surface area contributed by atoms with Crippen molar-refractivity contribution in [3.8, 4) is 0 Å². The molecule has 0 aromatic rings. The average Bonchev–Trinajstić information content (AvgIpc) is 2.12. The Labute approximate surface area is 85.9 Å².